The fourth-order valence-electron chi connectivity index (χ4n) is 23.1. The summed E-state index contributed by atoms with van der Waals surface area (Å²) >= 11 is 5.48. The van der Waals surface area contributed by atoms with Crippen LogP contribution in [0.3, 0.4) is 0 Å². The van der Waals surface area contributed by atoms with E-state index in [1.165, 1.54) is 237 Å². The molecule has 15 heteroatoms. The molecule has 648 valence electrons. The average molecular weight is 1830 g/mol. The highest BCUT2D eigenvalue weighted by Crippen LogP contribution is 2.47. The van der Waals surface area contributed by atoms with Crippen LogP contribution in [0, 0.1) is 0 Å². The second-order valence-corrected chi connectivity index (χ2v) is 39.7. The molecule has 15 aromatic heterocycles. The number of thiophene rings is 3. The van der Waals surface area contributed by atoms with Gasteiger partial charge in [0.25, 0.3) is 0 Å². The Labute approximate surface area is 802 Å². The van der Waals surface area contributed by atoms with Crippen LogP contribution in [0.1, 0.15) is 0 Å². The Balaban J connectivity index is 0.0000000977. The van der Waals surface area contributed by atoms with Crippen LogP contribution >= 0.6 is 34.0 Å². The molecule has 0 aliphatic rings. The maximum atomic E-state index is 5.35. The number of para-hydroxylation sites is 16. The van der Waals surface area contributed by atoms with Gasteiger partial charge in [0.15, 0.2) is 0 Å². The summed E-state index contributed by atoms with van der Waals surface area (Å²) in [4.78, 5) is 10.3. The molecule has 0 amide bonds. The van der Waals surface area contributed by atoms with Gasteiger partial charge < -0.3 is 9.13 Å². The van der Waals surface area contributed by atoms with E-state index in [1.54, 1.807) is 22.7 Å². The Morgan fingerprint density at radius 3 is 0.806 bits per heavy atom. The van der Waals surface area contributed by atoms with Crippen molar-refractivity contribution in [1.82, 2.24) is 55.1 Å². The summed E-state index contributed by atoms with van der Waals surface area (Å²) in [5.41, 5.74) is 30.8. The Bertz CT molecular complexity index is 10600. The smallest absolute Gasteiger partial charge is 0.138 e. The molecule has 18 aromatic carbocycles. The molecule has 33 rings (SSSR count). The van der Waals surface area contributed by atoms with E-state index in [2.05, 4.69) is 488 Å². The SMILES string of the molecule is c1ccc2c(c1)cc1n(-c3ccc4sc5ccc(-n6c7ccccc7c7cc(-n8c9ccccc9c9ccccc98)ccc76)cc5c4c3)c3ccccc3n21.c1ccc2c(c1)cc1n(-c3ccc4sc5ccc(-n6c7ccccc7c7ccccc76)nc5c4c3)c3ccccc3n21.c1ccc2c(c1)cc1n(-c3ccc4sc5cnc(-n6c7ccccc7c7ccccc76)cc5c4c3)c3ccccc3n21. The van der Waals surface area contributed by atoms with Crippen molar-refractivity contribution in [1.29, 1.82) is 0 Å². The molecule has 0 fully saturated rings. The highest BCUT2D eigenvalue weighted by Gasteiger charge is 2.26. The largest absolute Gasteiger partial charge is 0.309 e. The minimum absolute atomic E-state index is 0.941. The molecule has 15 heterocycles. The highest BCUT2D eigenvalue weighted by atomic mass is 32.1. The van der Waals surface area contributed by atoms with Crippen LogP contribution in [0.15, 0.2) is 449 Å². The van der Waals surface area contributed by atoms with Crippen LogP contribution in [0.5, 0.6) is 0 Å². The summed E-state index contributed by atoms with van der Waals surface area (Å²) in [6.07, 6.45) is 2.04. The van der Waals surface area contributed by atoms with Crippen molar-refractivity contribution in [3.8, 4) is 40.1 Å². The summed E-state index contributed by atoms with van der Waals surface area (Å²) in [6, 6.07) is 161. The monoisotopic (exact) mass is 1830 g/mol. The number of aromatic nitrogens is 12. The van der Waals surface area contributed by atoms with Crippen LogP contribution < -0.4 is 0 Å². The van der Waals surface area contributed by atoms with Crippen LogP contribution in [-0.4, -0.2) is 55.1 Å². The predicted molar refractivity (Wildman–Crippen MR) is 587 cm³/mol. The number of rotatable bonds is 7. The summed E-state index contributed by atoms with van der Waals surface area (Å²) < 4.78 is 31.3. The van der Waals surface area contributed by atoms with Gasteiger partial charge in [-0.3, -0.25) is 36.0 Å². The number of nitrogens with zero attached hydrogens (tertiary/aromatic N) is 12. The molecule has 0 aliphatic carbocycles. The van der Waals surface area contributed by atoms with Crippen LogP contribution in [-0.2, 0) is 0 Å². The lowest BCUT2D eigenvalue weighted by molar-refractivity contribution is 1.09. The van der Waals surface area contributed by atoms with Gasteiger partial charge in [0.2, 0.25) is 0 Å². The number of pyridine rings is 2. The minimum atomic E-state index is 0.941. The van der Waals surface area contributed by atoms with E-state index in [4.69, 9.17) is 9.97 Å². The molecule has 0 unspecified atom stereocenters. The van der Waals surface area contributed by atoms with E-state index in [1.807, 2.05) is 17.5 Å². The highest BCUT2D eigenvalue weighted by molar-refractivity contribution is 7.26. The molecule has 0 aliphatic heterocycles. The average Bonchev–Trinajstić information content (AvgIpc) is 1.56. The van der Waals surface area contributed by atoms with Gasteiger partial charge >= 0.3 is 0 Å². The molecule has 0 bridgehead atoms. The maximum Gasteiger partial charge on any atom is 0.138 e. The van der Waals surface area contributed by atoms with E-state index in [-0.39, 0.29) is 0 Å². The first-order valence-electron chi connectivity index (χ1n) is 47.1. The lowest BCUT2D eigenvalue weighted by Gasteiger charge is -2.11. The first kappa shape index (κ1) is 76.5. The van der Waals surface area contributed by atoms with Crippen molar-refractivity contribution in [2.45, 2.75) is 0 Å². The summed E-state index contributed by atoms with van der Waals surface area (Å²) in [6.45, 7) is 0. The molecule has 0 radical (unpaired) electrons. The van der Waals surface area contributed by atoms with Gasteiger partial charge in [-0.1, -0.05) is 218 Å². The lowest BCUT2D eigenvalue weighted by Crippen LogP contribution is -1.97. The van der Waals surface area contributed by atoms with Crippen molar-refractivity contribution in [3.05, 3.63) is 449 Å². The third-order valence-electron chi connectivity index (χ3n) is 29.0. The fourth-order valence-corrected chi connectivity index (χ4v) is 26.3. The van der Waals surface area contributed by atoms with Gasteiger partial charge in [0.05, 0.1) is 109 Å². The zero-order chi connectivity index (χ0) is 90.5. The zero-order valence-corrected chi connectivity index (χ0v) is 76.8. The van der Waals surface area contributed by atoms with Gasteiger partial charge in [-0.25, -0.2) is 9.97 Å². The number of benzene rings is 18. The quantitative estimate of drug-likeness (QED) is 0.159. The van der Waals surface area contributed by atoms with Crippen molar-refractivity contribution < 1.29 is 0 Å². The molecular weight excluding hydrogens is 1750 g/mol. The summed E-state index contributed by atoms with van der Waals surface area (Å²) in [5, 5.41) is 20.0. The second-order valence-electron chi connectivity index (χ2n) is 36.4. The molecule has 12 nitrogen and oxygen atoms in total. The molecule has 0 saturated carbocycles. The normalized spacial score (nSPS) is 12.3. The van der Waals surface area contributed by atoms with E-state index in [0.29, 0.717) is 0 Å². The molecule has 0 saturated heterocycles. The number of hydrogen-bond acceptors (Lipinski definition) is 5. The lowest BCUT2D eigenvalue weighted by atomic mass is 10.1. The number of imidazole rings is 3. The molecule has 139 heavy (non-hydrogen) atoms. The van der Waals surface area contributed by atoms with Gasteiger partial charge in [-0.2, -0.15) is 0 Å². The minimum Gasteiger partial charge on any atom is -0.309 e. The molecule has 0 N–H and O–H groups in total. The van der Waals surface area contributed by atoms with Crippen molar-refractivity contribution >= 4 is 265 Å². The Morgan fingerprint density at radius 1 is 0.158 bits per heavy atom. The second kappa shape index (κ2) is 29.3. The van der Waals surface area contributed by atoms with Crippen LogP contribution in [0.25, 0.3) is 271 Å². The van der Waals surface area contributed by atoms with Crippen molar-refractivity contribution in [2.75, 3.05) is 0 Å². The molecule has 33 aromatic rings. The maximum absolute atomic E-state index is 5.35. The van der Waals surface area contributed by atoms with Gasteiger partial charge in [0.1, 0.15) is 28.6 Å². The van der Waals surface area contributed by atoms with Crippen molar-refractivity contribution in [3.63, 3.8) is 0 Å². The molecular formula is C124H74N12S3. The van der Waals surface area contributed by atoms with Crippen LogP contribution in [0.4, 0.5) is 0 Å². The first-order valence-corrected chi connectivity index (χ1v) is 49.5. The van der Waals surface area contributed by atoms with Gasteiger partial charge in [-0.15, -0.1) is 34.0 Å². The van der Waals surface area contributed by atoms with E-state index in [9.17, 15) is 0 Å². The predicted octanol–water partition coefficient (Wildman–Crippen LogP) is 33.4. The van der Waals surface area contributed by atoms with Gasteiger partial charge in [-0.05, 0) is 224 Å². The van der Waals surface area contributed by atoms with E-state index >= 15 is 0 Å². The topological polar surface area (TPSA) is 73.5 Å². The van der Waals surface area contributed by atoms with Crippen molar-refractivity contribution in [2.24, 2.45) is 0 Å². The Kier molecular flexibility index (Phi) is 16.1. The standard InChI is InChI=1S/C50H30N4S.2C37H22N4S/c1-5-15-41-31(11-1)27-50-53(46-19-9-10-20-47(46)54(41)50)34-23-26-49-40(30-34)39-29-33(22-25-48(39)55-49)52-44-18-8-4-14-37(44)38-28-32(21-24-45(38)52)51-42-16-6-2-12-35(42)36-13-3-7-17-43(36)51;1-4-12-29-23(9-1)19-37-39(32-15-7-8-16-33(32)41(29)37)24-17-18-34-27(20-24)28-21-36(38-22-35(28)42-34)40-30-13-5-2-10-25(30)26-11-3-6-14-31(26)40;1-4-12-28-23(9-1)21-36-39(31-15-7-8-16-32(31)41(28)36)24-17-18-33-27(22-24)37-34(42-33)19-20-35(38-37)40-29-13-5-2-10-25(29)26-11-3-6-14-30(26)40/h1-30H;2*1-22H. The van der Waals surface area contributed by atoms with Crippen LogP contribution in [0.2, 0.25) is 0 Å². The first-order chi connectivity index (χ1) is 68.9. The third kappa shape index (κ3) is 11.1. The Hall–Kier alpha value is -17.9. The third-order valence-corrected chi connectivity index (χ3v) is 32.4. The van der Waals surface area contributed by atoms with E-state index in [0.717, 1.165) is 34.2 Å². The summed E-state index contributed by atoms with van der Waals surface area (Å²) in [7, 11) is 0. The van der Waals surface area contributed by atoms with Gasteiger partial charge in [0, 0.05) is 140 Å². The molecule has 0 atom stereocenters. The number of hydrogen-bond donors (Lipinski definition) is 0. The van der Waals surface area contributed by atoms with E-state index < -0.39 is 0 Å². The Morgan fingerprint density at radius 2 is 0.417 bits per heavy atom. The summed E-state index contributed by atoms with van der Waals surface area (Å²) in [5.74, 6) is 1.88. The zero-order valence-electron chi connectivity index (χ0n) is 74.3. The molecule has 0 spiro atoms. The fraction of sp³-hybridized carbons (Fsp3) is 0. The number of fused-ring (bicyclic) bond motifs is 36.